The van der Waals surface area contributed by atoms with Gasteiger partial charge in [-0.15, -0.1) is 0 Å². The van der Waals surface area contributed by atoms with Gasteiger partial charge in [-0.2, -0.15) is 0 Å². The second kappa shape index (κ2) is 10.5. The molecule has 2 amide bonds. The lowest BCUT2D eigenvalue weighted by atomic mass is 9.73. The first-order valence-corrected chi connectivity index (χ1v) is 12.2. The topological polar surface area (TPSA) is 49.9 Å². The van der Waals surface area contributed by atoms with Crippen LogP contribution in [0.25, 0.3) is 11.1 Å². The molecule has 2 aliphatic heterocycles. The van der Waals surface area contributed by atoms with Crippen molar-refractivity contribution < 1.29 is 14.3 Å². The van der Waals surface area contributed by atoms with Crippen molar-refractivity contribution in [1.82, 2.24) is 9.80 Å². The largest absolute Gasteiger partial charge is 0.378 e. The van der Waals surface area contributed by atoms with Crippen LogP contribution in [-0.2, 0) is 20.7 Å². The molecule has 5 heteroatoms. The molecule has 2 saturated heterocycles. The molecule has 0 radical (unpaired) electrons. The average molecular weight is 449 g/mol. The van der Waals surface area contributed by atoms with Gasteiger partial charge in [0.15, 0.2) is 0 Å². The van der Waals surface area contributed by atoms with Crippen molar-refractivity contribution in [3.05, 3.63) is 60.2 Å². The Bertz CT molecular complexity index is 935. The van der Waals surface area contributed by atoms with Gasteiger partial charge in [0.2, 0.25) is 11.8 Å². The van der Waals surface area contributed by atoms with Gasteiger partial charge in [-0.1, -0.05) is 54.6 Å². The zero-order valence-electron chi connectivity index (χ0n) is 20.0. The molecule has 4 rings (SSSR count). The summed E-state index contributed by atoms with van der Waals surface area (Å²) in [5, 5.41) is 0. The normalized spacial score (nSPS) is 22.8. The van der Waals surface area contributed by atoms with E-state index in [0.29, 0.717) is 19.4 Å². The molecule has 2 aromatic rings. The summed E-state index contributed by atoms with van der Waals surface area (Å²) in [7, 11) is 3.64. The van der Waals surface area contributed by atoms with Crippen molar-refractivity contribution in [3.8, 4) is 11.1 Å². The number of hydrogen-bond acceptors (Lipinski definition) is 3. The van der Waals surface area contributed by atoms with Crippen LogP contribution in [0.5, 0.6) is 0 Å². The molecule has 33 heavy (non-hydrogen) atoms. The smallest absolute Gasteiger partial charge is 0.230 e. The molecule has 0 spiro atoms. The summed E-state index contributed by atoms with van der Waals surface area (Å²) in [4.78, 5) is 30.1. The maximum absolute atomic E-state index is 13.4. The molecular formula is C28H36N2O3. The van der Waals surface area contributed by atoms with Gasteiger partial charge in [0.1, 0.15) is 0 Å². The van der Waals surface area contributed by atoms with Gasteiger partial charge >= 0.3 is 0 Å². The van der Waals surface area contributed by atoms with E-state index in [2.05, 4.69) is 36.4 Å². The molecule has 0 bridgehead atoms. The van der Waals surface area contributed by atoms with E-state index in [1.165, 1.54) is 11.1 Å². The van der Waals surface area contributed by atoms with Crippen LogP contribution in [0.4, 0.5) is 0 Å². The molecule has 0 aromatic heterocycles. The van der Waals surface area contributed by atoms with E-state index in [0.717, 1.165) is 50.8 Å². The summed E-state index contributed by atoms with van der Waals surface area (Å²) in [6.45, 7) is 2.04. The number of hydrogen-bond donors (Lipinski definition) is 0. The fourth-order valence-electron chi connectivity index (χ4n) is 5.36. The summed E-state index contributed by atoms with van der Waals surface area (Å²) < 4.78 is 5.69. The first-order valence-electron chi connectivity index (χ1n) is 12.2. The Hall–Kier alpha value is -2.66. The predicted molar refractivity (Wildman–Crippen MR) is 131 cm³/mol. The Balaban J connectivity index is 1.48. The minimum atomic E-state index is -0.574. The Kier molecular flexibility index (Phi) is 7.49. The lowest BCUT2D eigenvalue weighted by molar-refractivity contribution is -0.147. The second-order valence-electron chi connectivity index (χ2n) is 9.81. The first-order chi connectivity index (χ1) is 16.0. The third-order valence-electron chi connectivity index (χ3n) is 7.10. The summed E-state index contributed by atoms with van der Waals surface area (Å²) in [5.41, 5.74) is 2.92. The first kappa shape index (κ1) is 23.5. The van der Waals surface area contributed by atoms with Crippen molar-refractivity contribution in [2.24, 2.45) is 5.41 Å². The molecule has 2 atom stereocenters. The van der Waals surface area contributed by atoms with Gasteiger partial charge in [-0.05, 0) is 55.2 Å². The molecule has 5 nitrogen and oxygen atoms in total. The number of carbonyl (C=O) groups is 2. The zero-order chi connectivity index (χ0) is 23.3. The standard InChI is InChI=1S/C28H36N2O3/c1-29(2)27(32)28(20-22-11-13-24(14-12-22)23-8-4-3-5-9-23)17-7-18-30(21-28)26(31)16-15-25-10-6-19-33-25/h3-5,8-9,11-14,25H,6-7,10,15-21H2,1-2H3. The third-order valence-corrected chi connectivity index (χ3v) is 7.10. The highest BCUT2D eigenvalue weighted by Gasteiger charge is 2.44. The van der Waals surface area contributed by atoms with E-state index in [1.54, 1.807) is 4.90 Å². The van der Waals surface area contributed by atoms with E-state index in [4.69, 9.17) is 4.74 Å². The van der Waals surface area contributed by atoms with Crippen molar-refractivity contribution in [3.63, 3.8) is 0 Å². The highest BCUT2D eigenvalue weighted by molar-refractivity contribution is 5.85. The lowest BCUT2D eigenvalue weighted by Crippen LogP contribution is -2.54. The monoisotopic (exact) mass is 448 g/mol. The summed E-state index contributed by atoms with van der Waals surface area (Å²) in [6.07, 6.45) is 5.95. The van der Waals surface area contributed by atoms with Crippen LogP contribution in [0.2, 0.25) is 0 Å². The van der Waals surface area contributed by atoms with Gasteiger partial charge in [-0.25, -0.2) is 0 Å². The second-order valence-corrected chi connectivity index (χ2v) is 9.81. The number of likely N-dealkylation sites (tertiary alicyclic amines) is 1. The van der Waals surface area contributed by atoms with Gasteiger partial charge in [-0.3, -0.25) is 9.59 Å². The number of carbonyl (C=O) groups excluding carboxylic acids is 2. The average Bonchev–Trinajstić information content (AvgIpc) is 3.37. The van der Waals surface area contributed by atoms with Gasteiger partial charge in [0.25, 0.3) is 0 Å². The quantitative estimate of drug-likeness (QED) is 0.624. The van der Waals surface area contributed by atoms with E-state index in [1.807, 2.05) is 37.2 Å². The maximum atomic E-state index is 13.4. The van der Waals surface area contributed by atoms with Gasteiger partial charge < -0.3 is 14.5 Å². The molecule has 2 aromatic carbocycles. The third kappa shape index (κ3) is 5.64. The predicted octanol–water partition coefficient (Wildman–Crippen LogP) is 4.55. The zero-order valence-corrected chi connectivity index (χ0v) is 20.0. The molecule has 2 fully saturated rings. The van der Waals surface area contributed by atoms with Crippen LogP contribution in [0.3, 0.4) is 0 Å². The Morgan fingerprint density at radius 1 is 1.03 bits per heavy atom. The Morgan fingerprint density at radius 3 is 2.42 bits per heavy atom. The number of ether oxygens (including phenoxy) is 1. The van der Waals surface area contributed by atoms with Gasteiger partial charge in [0, 0.05) is 40.2 Å². The van der Waals surface area contributed by atoms with Crippen LogP contribution in [0.15, 0.2) is 54.6 Å². The van der Waals surface area contributed by atoms with Crippen molar-refractivity contribution >= 4 is 11.8 Å². The SMILES string of the molecule is CN(C)C(=O)C1(Cc2ccc(-c3ccccc3)cc2)CCCN(C(=O)CCC2CCCO2)C1. The van der Waals surface area contributed by atoms with Crippen LogP contribution in [-0.4, -0.2) is 61.5 Å². The van der Waals surface area contributed by atoms with E-state index < -0.39 is 5.41 Å². The fourth-order valence-corrected chi connectivity index (χ4v) is 5.36. The van der Waals surface area contributed by atoms with Crippen LogP contribution >= 0.6 is 0 Å². The van der Waals surface area contributed by atoms with Crippen LogP contribution < -0.4 is 0 Å². The number of nitrogens with zero attached hydrogens (tertiary/aromatic N) is 2. The summed E-state index contributed by atoms with van der Waals surface area (Å²) >= 11 is 0. The molecule has 0 N–H and O–H groups in total. The summed E-state index contributed by atoms with van der Waals surface area (Å²) in [6, 6.07) is 18.8. The minimum absolute atomic E-state index is 0.117. The van der Waals surface area contributed by atoms with E-state index in [9.17, 15) is 9.59 Å². The number of amides is 2. The van der Waals surface area contributed by atoms with Crippen molar-refractivity contribution in [2.45, 2.75) is 51.0 Å². The molecule has 0 aliphatic carbocycles. The van der Waals surface area contributed by atoms with Gasteiger partial charge in [0.05, 0.1) is 11.5 Å². The van der Waals surface area contributed by atoms with Crippen LogP contribution in [0, 0.1) is 5.41 Å². The Labute approximate surface area is 197 Å². The highest BCUT2D eigenvalue weighted by atomic mass is 16.5. The van der Waals surface area contributed by atoms with Crippen molar-refractivity contribution in [1.29, 1.82) is 0 Å². The number of piperidine rings is 1. The molecule has 2 heterocycles. The van der Waals surface area contributed by atoms with E-state index in [-0.39, 0.29) is 17.9 Å². The number of benzene rings is 2. The molecule has 2 unspecified atom stereocenters. The summed E-state index contributed by atoms with van der Waals surface area (Å²) in [5.74, 6) is 0.270. The number of rotatable bonds is 7. The molecule has 0 saturated carbocycles. The lowest BCUT2D eigenvalue weighted by Gasteiger charge is -2.43. The van der Waals surface area contributed by atoms with Crippen LogP contribution in [0.1, 0.15) is 44.1 Å². The Morgan fingerprint density at radius 2 is 1.76 bits per heavy atom. The maximum Gasteiger partial charge on any atom is 0.230 e. The minimum Gasteiger partial charge on any atom is -0.378 e. The molecule has 2 aliphatic rings. The van der Waals surface area contributed by atoms with E-state index >= 15 is 0 Å². The highest BCUT2D eigenvalue weighted by Crippen LogP contribution is 2.36. The molecular weight excluding hydrogens is 412 g/mol. The molecule has 176 valence electrons. The van der Waals surface area contributed by atoms with Crippen molar-refractivity contribution in [2.75, 3.05) is 33.8 Å². The fraction of sp³-hybridized carbons (Fsp3) is 0.500.